The number of carbonyl (C=O) groups is 1. The first-order valence-corrected chi connectivity index (χ1v) is 8.81. The van der Waals surface area contributed by atoms with Crippen molar-refractivity contribution in [2.24, 2.45) is 5.41 Å². The van der Waals surface area contributed by atoms with Crippen molar-refractivity contribution in [3.8, 4) is 6.07 Å². The van der Waals surface area contributed by atoms with Gasteiger partial charge in [-0.05, 0) is 32.4 Å². The van der Waals surface area contributed by atoms with Gasteiger partial charge in [0, 0.05) is 31.5 Å². The normalized spacial score (nSPS) is 23.2. The van der Waals surface area contributed by atoms with Gasteiger partial charge in [0.15, 0.2) is 0 Å². The van der Waals surface area contributed by atoms with E-state index in [1.807, 2.05) is 11.0 Å². The van der Waals surface area contributed by atoms with Crippen molar-refractivity contribution in [1.29, 1.82) is 5.26 Å². The zero-order chi connectivity index (χ0) is 17.0. The van der Waals surface area contributed by atoms with Gasteiger partial charge in [0.25, 0.3) is 0 Å². The van der Waals surface area contributed by atoms with Crippen LogP contribution in [0.25, 0.3) is 0 Å². The first-order valence-electron chi connectivity index (χ1n) is 8.81. The third-order valence-electron chi connectivity index (χ3n) is 5.41. The summed E-state index contributed by atoms with van der Waals surface area (Å²) in [7, 11) is 2.05. The van der Waals surface area contributed by atoms with Gasteiger partial charge in [-0.1, -0.05) is 19.3 Å². The molecule has 128 valence electrons. The van der Waals surface area contributed by atoms with E-state index in [9.17, 15) is 10.1 Å². The molecule has 2 aliphatic rings. The zero-order valence-electron chi connectivity index (χ0n) is 14.3. The fourth-order valence-corrected chi connectivity index (χ4v) is 3.88. The maximum atomic E-state index is 12.9. The van der Waals surface area contributed by atoms with Crippen LogP contribution in [0.3, 0.4) is 0 Å². The Morgan fingerprint density at radius 3 is 2.75 bits per heavy atom. The molecular weight excluding hydrogens is 302 g/mol. The molecule has 1 amide bonds. The standard InChI is InChI=1S/C18H25N5O/c1-22(13-16-20-9-5-10-21-16)15-6-11-23(12-15)17(24)18(14-19)7-3-2-4-8-18/h5,9-10,15H,2-4,6-8,11-13H2,1H3/t15-/m0/s1. The number of hydrogen-bond donors (Lipinski definition) is 0. The van der Waals surface area contributed by atoms with Gasteiger partial charge in [0.05, 0.1) is 12.6 Å². The summed E-state index contributed by atoms with van der Waals surface area (Å²) in [6.07, 6.45) is 8.99. The number of carbonyl (C=O) groups excluding carboxylic acids is 1. The first kappa shape index (κ1) is 16.8. The summed E-state index contributed by atoms with van der Waals surface area (Å²) in [5.74, 6) is 0.849. The molecule has 0 radical (unpaired) electrons. The molecule has 24 heavy (non-hydrogen) atoms. The maximum Gasteiger partial charge on any atom is 0.243 e. The maximum absolute atomic E-state index is 12.9. The minimum absolute atomic E-state index is 0.0524. The van der Waals surface area contributed by atoms with Gasteiger partial charge in [-0.2, -0.15) is 5.26 Å². The van der Waals surface area contributed by atoms with E-state index in [4.69, 9.17) is 0 Å². The molecule has 0 bridgehead atoms. The molecule has 1 aliphatic heterocycles. The van der Waals surface area contributed by atoms with E-state index in [1.54, 1.807) is 12.4 Å². The van der Waals surface area contributed by atoms with Crippen molar-refractivity contribution in [2.75, 3.05) is 20.1 Å². The van der Waals surface area contributed by atoms with Gasteiger partial charge in [-0.3, -0.25) is 9.69 Å². The van der Waals surface area contributed by atoms with Crippen LogP contribution in [0, 0.1) is 16.7 Å². The van der Waals surface area contributed by atoms with Gasteiger partial charge in [0.2, 0.25) is 5.91 Å². The van der Waals surface area contributed by atoms with Gasteiger partial charge in [-0.15, -0.1) is 0 Å². The second-order valence-corrected chi connectivity index (χ2v) is 7.03. The third-order valence-corrected chi connectivity index (χ3v) is 5.41. The Balaban J connectivity index is 1.60. The molecule has 2 fully saturated rings. The highest BCUT2D eigenvalue weighted by Crippen LogP contribution is 2.38. The minimum atomic E-state index is -0.770. The Morgan fingerprint density at radius 2 is 2.08 bits per heavy atom. The largest absolute Gasteiger partial charge is 0.340 e. The van der Waals surface area contributed by atoms with Crippen molar-refractivity contribution in [1.82, 2.24) is 19.8 Å². The number of likely N-dealkylation sites (tertiary alicyclic amines) is 1. The van der Waals surface area contributed by atoms with E-state index in [1.165, 1.54) is 0 Å². The summed E-state index contributed by atoms with van der Waals surface area (Å²) in [5, 5.41) is 9.62. The van der Waals surface area contributed by atoms with Crippen molar-refractivity contribution in [3.63, 3.8) is 0 Å². The molecule has 1 aromatic rings. The fraction of sp³-hybridized carbons (Fsp3) is 0.667. The van der Waals surface area contributed by atoms with Crippen LogP contribution in [-0.4, -0.2) is 51.9 Å². The summed E-state index contributed by atoms with van der Waals surface area (Å²) >= 11 is 0. The Kier molecular flexibility index (Phi) is 5.10. The Labute approximate surface area is 143 Å². The number of likely N-dealkylation sites (N-methyl/N-ethyl adjacent to an activating group) is 1. The molecule has 0 unspecified atom stereocenters. The lowest BCUT2D eigenvalue weighted by Gasteiger charge is -2.33. The molecular formula is C18H25N5O. The fourth-order valence-electron chi connectivity index (χ4n) is 3.88. The highest BCUT2D eigenvalue weighted by Gasteiger charge is 2.44. The van der Waals surface area contributed by atoms with Crippen LogP contribution in [0.15, 0.2) is 18.5 Å². The van der Waals surface area contributed by atoms with E-state index in [2.05, 4.69) is 28.0 Å². The van der Waals surface area contributed by atoms with Crippen LogP contribution in [-0.2, 0) is 11.3 Å². The molecule has 1 saturated carbocycles. The van der Waals surface area contributed by atoms with Crippen LogP contribution in [0.5, 0.6) is 0 Å². The van der Waals surface area contributed by atoms with Crippen LogP contribution >= 0.6 is 0 Å². The lowest BCUT2D eigenvalue weighted by molar-refractivity contribution is -0.139. The second kappa shape index (κ2) is 7.27. The molecule has 1 atom stereocenters. The lowest BCUT2D eigenvalue weighted by atomic mass is 9.74. The molecule has 2 heterocycles. The molecule has 1 saturated heterocycles. The Hall–Kier alpha value is -2.00. The molecule has 3 rings (SSSR count). The van der Waals surface area contributed by atoms with Crippen molar-refractivity contribution >= 4 is 5.91 Å². The number of hydrogen-bond acceptors (Lipinski definition) is 5. The molecule has 6 nitrogen and oxygen atoms in total. The van der Waals surface area contributed by atoms with Crippen molar-refractivity contribution in [2.45, 2.75) is 51.1 Å². The summed E-state index contributed by atoms with van der Waals surface area (Å²) in [6, 6.07) is 4.47. The Bertz CT molecular complexity index is 606. The highest BCUT2D eigenvalue weighted by molar-refractivity contribution is 5.85. The van der Waals surface area contributed by atoms with E-state index >= 15 is 0 Å². The molecule has 1 aromatic heterocycles. The number of amides is 1. The zero-order valence-corrected chi connectivity index (χ0v) is 14.3. The Morgan fingerprint density at radius 1 is 1.38 bits per heavy atom. The van der Waals surface area contributed by atoms with Crippen LogP contribution in [0.4, 0.5) is 0 Å². The second-order valence-electron chi connectivity index (χ2n) is 7.03. The van der Waals surface area contributed by atoms with Crippen molar-refractivity contribution in [3.05, 3.63) is 24.3 Å². The quantitative estimate of drug-likeness (QED) is 0.845. The first-order chi connectivity index (χ1) is 11.6. The third kappa shape index (κ3) is 3.41. The average molecular weight is 327 g/mol. The van der Waals surface area contributed by atoms with E-state index in [-0.39, 0.29) is 5.91 Å². The molecule has 6 heteroatoms. The number of rotatable bonds is 4. The van der Waals surface area contributed by atoms with Crippen LogP contribution < -0.4 is 0 Å². The predicted molar refractivity (Wildman–Crippen MR) is 89.6 cm³/mol. The molecule has 0 aromatic carbocycles. The summed E-state index contributed by atoms with van der Waals surface area (Å²) in [4.78, 5) is 25.6. The predicted octanol–water partition coefficient (Wildman–Crippen LogP) is 1.98. The summed E-state index contributed by atoms with van der Waals surface area (Å²) < 4.78 is 0. The van der Waals surface area contributed by atoms with Crippen LogP contribution in [0.2, 0.25) is 0 Å². The molecule has 1 aliphatic carbocycles. The van der Waals surface area contributed by atoms with Gasteiger partial charge in [0.1, 0.15) is 11.2 Å². The topological polar surface area (TPSA) is 73.1 Å². The SMILES string of the molecule is CN(Cc1ncccn1)[C@H]1CCN(C(=O)C2(C#N)CCCCC2)C1. The highest BCUT2D eigenvalue weighted by atomic mass is 16.2. The number of nitriles is 1. The van der Waals surface area contributed by atoms with E-state index in [0.29, 0.717) is 19.1 Å². The summed E-state index contributed by atoms with van der Waals surface area (Å²) in [5.41, 5.74) is -0.770. The molecule has 0 N–H and O–H groups in total. The van der Waals surface area contributed by atoms with E-state index in [0.717, 1.165) is 50.9 Å². The van der Waals surface area contributed by atoms with Gasteiger partial charge in [-0.25, -0.2) is 9.97 Å². The van der Waals surface area contributed by atoms with Gasteiger partial charge < -0.3 is 4.90 Å². The average Bonchev–Trinajstić information content (AvgIpc) is 3.12. The minimum Gasteiger partial charge on any atom is -0.340 e. The number of aromatic nitrogens is 2. The lowest BCUT2D eigenvalue weighted by Crippen LogP contribution is -2.44. The number of nitrogens with zero attached hydrogens (tertiary/aromatic N) is 5. The monoisotopic (exact) mass is 327 g/mol. The van der Waals surface area contributed by atoms with Crippen molar-refractivity contribution < 1.29 is 4.79 Å². The molecule has 0 spiro atoms. The summed E-state index contributed by atoms with van der Waals surface area (Å²) in [6.45, 7) is 2.12. The smallest absolute Gasteiger partial charge is 0.243 e. The van der Waals surface area contributed by atoms with Gasteiger partial charge >= 0.3 is 0 Å². The van der Waals surface area contributed by atoms with Crippen LogP contribution in [0.1, 0.15) is 44.3 Å². The van der Waals surface area contributed by atoms with E-state index < -0.39 is 5.41 Å².